The predicted octanol–water partition coefficient (Wildman–Crippen LogP) is 2.94. The molecule has 1 N–H and O–H groups in total. The van der Waals surface area contributed by atoms with Gasteiger partial charge in [-0.2, -0.15) is 4.31 Å². The zero-order valence-electron chi connectivity index (χ0n) is 17.3. The van der Waals surface area contributed by atoms with Crippen molar-refractivity contribution in [2.24, 2.45) is 0 Å². The van der Waals surface area contributed by atoms with E-state index in [-0.39, 0.29) is 10.8 Å². The smallest absolute Gasteiger partial charge is 0.243 e. The highest BCUT2D eigenvalue weighted by Gasteiger charge is 2.27. The lowest BCUT2D eigenvalue weighted by molar-refractivity contribution is -0.117. The number of nitrogens with one attached hydrogen (secondary N) is 1. The lowest BCUT2D eigenvalue weighted by Gasteiger charge is -2.34. The van der Waals surface area contributed by atoms with Gasteiger partial charge in [-0.25, -0.2) is 8.42 Å². The molecule has 0 saturated carbocycles. The molecule has 0 unspecified atom stereocenters. The Labute approximate surface area is 192 Å². The van der Waals surface area contributed by atoms with Gasteiger partial charge in [0.25, 0.3) is 0 Å². The fourth-order valence-electron chi connectivity index (χ4n) is 3.95. The first kappa shape index (κ1) is 22.7. The Kier molecular flexibility index (Phi) is 7.30. The van der Waals surface area contributed by atoms with Gasteiger partial charge >= 0.3 is 0 Å². The highest BCUT2D eigenvalue weighted by molar-refractivity contribution is 7.89. The van der Waals surface area contributed by atoms with Gasteiger partial charge in [0.2, 0.25) is 15.9 Å². The normalized spacial score (nSPS) is 19.0. The first-order valence-electron chi connectivity index (χ1n) is 10.5. The van der Waals surface area contributed by atoms with Gasteiger partial charge in [-0.05, 0) is 49.2 Å². The molecule has 0 atom stereocenters. The number of anilines is 1. The first-order chi connectivity index (χ1) is 14.9. The van der Waals surface area contributed by atoms with Gasteiger partial charge in [0.1, 0.15) is 0 Å². The lowest BCUT2D eigenvalue weighted by atomic mass is 10.3. The SMILES string of the molecule is O=C(CN1CCN(Cc2ccc(Cl)s2)CC1)Nc1ccc(S(=O)(=O)N2CCCC2)cc1. The van der Waals surface area contributed by atoms with Crippen molar-refractivity contribution in [2.45, 2.75) is 24.3 Å². The summed E-state index contributed by atoms with van der Waals surface area (Å²) in [6, 6.07) is 10.4. The molecule has 1 aromatic heterocycles. The van der Waals surface area contributed by atoms with E-state index in [1.807, 2.05) is 6.07 Å². The number of amides is 1. The fraction of sp³-hybridized carbons (Fsp3) is 0.476. The summed E-state index contributed by atoms with van der Waals surface area (Å²) in [6.45, 7) is 5.86. The maximum absolute atomic E-state index is 12.6. The number of sulfonamides is 1. The Morgan fingerprint density at radius 3 is 2.19 bits per heavy atom. The number of benzene rings is 1. The van der Waals surface area contributed by atoms with E-state index in [1.165, 1.54) is 9.18 Å². The van der Waals surface area contributed by atoms with Crippen LogP contribution in [-0.2, 0) is 21.4 Å². The Hall–Kier alpha value is -1.49. The number of hydrogen-bond acceptors (Lipinski definition) is 6. The highest BCUT2D eigenvalue weighted by Crippen LogP contribution is 2.24. The van der Waals surface area contributed by atoms with Crippen molar-refractivity contribution in [2.75, 3.05) is 51.1 Å². The summed E-state index contributed by atoms with van der Waals surface area (Å²) in [5, 5.41) is 2.88. The molecule has 168 valence electrons. The number of carbonyl (C=O) groups is 1. The molecular formula is C21H27ClN4O3S2. The lowest BCUT2D eigenvalue weighted by Crippen LogP contribution is -2.48. The molecule has 4 rings (SSSR count). The standard InChI is InChI=1S/C21H27ClN4O3S2/c22-20-8-5-18(30-20)15-24-11-13-25(14-12-24)16-21(27)23-17-3-6-19(7-4-17)31(28,29)26-9-1-2-10-26/h3-8H,1-2,9-16H2,(H,23,27). The monoisotopic (exact) mass is 482 g/mol. The van der Waals surface area contributed by atoms with Crippen LogP contribution in [0, 0.1) is 0 Å². The van der Waals surface area contributed by atoms with E-state index in [2.05, 4.69) is 21.2 Å². The molecule has 0 spiro atoms. The van der Waals surface area contributed by atoms with Crippen LogP contribution < -0.4 is 5.32 Å². The molecule has 0 radical (unpaired) electrons. The third-order valence-electron chi connectivity index (χ3n) is 5.68. The van der Waals surface area contributed by atoms with E-state index in [4.69, 9.17) is 11.6 Å². The minimum Gasteiger partial charge on any atom is -0.325 e. The van der Waals surface area contributed by atoms with Crippen molar-refractivity contribution < 1.29 is 13.2 Å². The van der Waals surface area contributed by atoms with Crippen molar-refractivity contribution in [1.82, 2.24) is 14.1 Å². The van der Waals surface area contributed by atoms with E-state index in [0.717, 1.165) is 49.9 Å². The largest absolute Gasteiger partial charge is 0.325 e. The van der Waals surface area contributed by atoms with Crippen LogP contribution in [0.25, 0.3) is 0 Å². The second-order valence-electron chi connectivity index (χ2n) is 7.94. The number of piperazine rings is 1. The number of rotatable bonds is 7. The molecule has 10 heteroatoms. The fourth-order valence-corrected chi connectivity index (χ4v) is 6.60. The summed E-state index contributed by atoms with van der Waals surface area (Å²) >= 11 is 7.61. The summed E-state index contributed by atoms with van der Waals surface area (Å²) in [6.07, 6.45) is 1.81. The van der Waals surface area contributed by atoms with Crippen molar-refractivity contribution in [3.8, 4) is 0 Å². The van der Waals surface area contributed by atoms with E-state index in [1.54, 1.807) is 35.6 Å². The summed E-state index contributed by atoms with van der Waals surface area (Å²) in [5.74, 6) is -0.0892. The zero-order valence-corrected chi connectivity index (χ0v) is 19.7. The number of thiophene rings is 1. The molecule has 1 amide bonds. The van der Waals surface area contributed by atoms with Gasteiger partial charge in [0.05, 0.1) is 15.8 Å². The maximum Gasteiger partial charge on any atom is 0.243 e. The Balaban J connectivity index is 1.24. The van der Waals surface area contributed by atoms with Crippen molar-refractivity contribution in [3.63, 3.8) is 0 Å². The molecule has 2 aliphatic rings. The van der Waals surface area contributed by atoms with Crippen LogP contribution in [0.15, 0.2) is 41.3 Å². The molecule has 1 aromatic carbocycles. The number of carbonyl (C=O) groups excluding carboxylic acids is 1. The predicted molar refractivity (Wildman–Crippen MR) is 124 cm³/mol. The minimum absolute atomic E-state index is 0.0892. The summed E-state index contributed by atoms with van der Waals surface area (Å²) in [4.78, 5) is 18.5. The molecule has 7 nitrogen and oxygen atoms in total. The second kappa shape index (κ2) is 9.97. The van der Waals surface area contributed by atoms with Gasteiger partial charge in [-0.15, -0.1) is 11.3 Å². The summed E-state index contributed by atoms with van der Waals surface area (Å²) in [7, 11) is -3.43. The molecule has 31 heavy (non-hydrogen) atoms. The summed E-state index contributed by atoms with van der Waals surface area (Å²) < 4.78 is 27.5. The Morgan fingerprint density at radius 1 is 0.935 bits per heavy atom. The van der Waals surface area contributed by atoms with Crippen LogP contribution in [-0.4, -0.2) is 74.2 Å². The van der Waals surface area contributed by atoms with Gasteiger partial charge in [-0.1, -0.05) is 11.6 Å². The molecule has 2 aliphatic heterocycles. The molecular weight excluding hydrogens is 456 g/mol. The van der Waals surface area contributed by atoms with Crippen LogP contribution in [0.2, 0.25) is 4.34 Å². The molecule has 0 aliphatic carbocycles. The number of halogens is 1. The molecule has 3 heterocycles. The van der Waals surface area contributed by atoms with Gasteiger partial charge < -0.3 is 5.32 Å². The van der Waals surface area contributed by atoms with Gasteiger partial charge in [0.15, 0.2) is 0 Å². The van der Waals surface area contributed by atoms with Crippen molar-refractivity contribution >= 4 is 44.6 Å². The third kappa shape index (κ3) is 5.85. The van der Waals surface area contributed by atoms with Crippen LogP contribution in [0.5, 0.6) is 0 Å². The van der Waals surface area contributed by atoms with Gasteiger partial charge in [0, 0.05) is 56.4 Å². The Morgan fingerprint density at radius 2 is 1.58 bits per heavy atom. The second-order valence-corrected chi connectivity index (χ2v) is 11.7. The van der Waals surface area contributed by atoms with E-state index in [9.17, 15) is 13.2 Å². The topological polar surface area (TPSA) is 73.0 Å². The van der Waals surface area contributed by atoms with E-state index >= 15 is 0 Å². The quantitative estimate of drug-likeness (QED) is 0.656. The molecule has 2 fully saturated rings. The third-order valence-corrected chi connectivity index (χ3v) is 8.81. The number of nitrogens with zero attached hydrogens (tertiary/aromatic N) is 3. The van der Waals surface area contributed by atoms with Crippen molar-refractivity contribution in [1.29, 1.82) is 0 Å². The van der Waals surface area contributed by atoms with Crippen LogP contribution in [0.3, 0.4) is 0 Å². The van der Waals surface area contributed by atoms with E-state index < -0.39 is 10.0 Å². The van der Waals surface area contributed by atoms with Crippen molar-refractivity contribution in [3.05, 3.63) is 45.6 Å². The Bertz CT molecular complexity index is 996. The zero-order chi connectivity index (χ0) is 21.8. The van der Waals surface area contributed by atoms with Crippen LogP contribution >= 0.6 is 22.9 Å². The average Bonchev–Trinajstić information content (AvgIpc) is 3.42. The average molecular weight is 483 g/mol. The first-order valence-corrected chi connectivity index (χ1v) is 13.1. The van der Waals surface area contributed by atoms with Gasteiger partial charge in [-0.3, -0.25) is 14.6 Å². The molecule has 2 saturated heterocycles. The van der Waals surface area contributed by atoms with Crippen LogP contribution in [0.1, 0.15) is 17.7 Å². The minimum atomic E-state index is -3.43. The highest BCUT2D eigenvalue weighted by atomic mass is 35.5. The number of hydrogen-bond donors (Lipinski definition) is 1. The maximum atomic E-state index is 12.6. The summed E-state index contributed by atoms with van der Waals surface area (Å²) in [5.41, 5.74) is 0.610. The molecule has 0 bridgehead atoms. The molecule has 2 aromatic rings. The van der Waals surface area contributed by atoms with Crippen LogP contribution in [0.4, 0.5) is 5.69 Å². The van der Waals surface area contributed by atoms with E-state index in [0.29, 0.717) is 25.3 Å².